The standard InChI is InChI=1S/C49H88N2O16/c1-2-27-61-28-17-20-44(53)39-66-36-34-64-31-26-51-47(56)41-67-37-32-62-29-18-21-45(54)40-65-35-33-63-30-25-50-46(55)24-23-42(49(59)60)38-43(52)19-15-13-11-9-7-5-3-4-6-8-10-12-14-16-22-48(57)58/h42H,2-41H2,1H3,(H,50,55)(H,51,56)(H,57,58)(H,59,60)/t42-/m1/s1. The normalized spacial score (nSPS) is 11.7. The molecule has 0 saturated carbocycles. The second kappa shape index (κ2) is 49.0. The van der Waals surface area contributed by atoms with Crippen molar-refractivity contribution in [2.45, 2.75) is 161 Å². The fourth-order valence-corrected chi connectivity index (χ4v) is 6.71. The number of unbranched alkanes of at least 4 members (excludes halogenated alkanes) is 13. The summed E-state index contributed by atoms with van der Waals surface area (Å²) in [7, 11) is 0. The number of carbonyl (C=O) groups excluding carboxylic acids is 5. The van der Waals surface area contributed by atoms with E-state index in [0.29, 0.717) is 78.3 Å². The van der Waals surface area contributed by atoms with Crippen LogP contribution in [0.2, 0.25) is 0 Å². The van der Waals surface area contributed by atoms with Crippen molar-refractivity contribution >= 4 is 41.1 Å². The smallest absolute Gasteiger partial charge is 0.306 e. The molecular weight excluding hydrogens is 873 g/mol. The highest BCUT2D eigenvalue weighted by Crippen LogP contribution is 2.17. The van der Waals surface area contributed by atoms with E-state index in [1.165, 1.54) is 44.9 Å². The van der Waals surface area contributed by atoms with Crippen LogP contribution in [0, 0.1) is 5.92 Å². The van der Waals surface area contributed by atoms with Crippen LogP contribution in [0.1, 0.15) is 161 Å². The molecule has 0 rings (SSSR count). The number of Topliss-reactive ketones (excluding diaryl/α,β-unsaturated/α-hetero) is 3. The number of amides is 2. The van der Waals surface area contributed by atoms with Gasteiger partial charge in [0.05, 0.1) is 58.8 Å². The maximum atomic E-state index is 12.5. The van der Waals surface area contributed by atoms with Crippen molar-refractivity contribution in [3.63, 3.8) is 0 Å². The third-order valence-electron chi connectivity index (χ3n) is 10.5. The molecule has 390 valence electrons. The van der Waals surface area contributed by atoms with Gasteiger partial charge >= 0.3 is 11.9 Å². The zero-order valence-electron chi connectivity index (χ0n) is 41.0. The second-order valence-electron chi connectivity index (χ2n) is 16.8. The number of carboxylic acids is 2. The highest BCUT2D eigenvalue weighted by Gasteiger charge is 2.22. The number of ketones is 3. The Morgan fingerprint density at radius 1 is 0.388 bits per heavy atom. The van der Waals surface area contributed by atoms with Gasteiger partial charge in [-0.1, -0.05) is 84.0 Å². The molecule has 67 heavy (non-hydrogen) atoms. The molecule has 4 N–H and O–H groups in total. The number of carbonyl (C=O) groups is 7. The van der Waals surface area contributed by atoms with E-state index in [1.807, 2.05) is 6.92 Å². The Balaban J connectivity index is 3.60. The summed E-state index contributed by atoms with van der Waals surface area (Å²) in [6.07, 6.45) is 18.8. The Morgan fingerprint density at radius 2 is 0.776 bits per heavy atom. The Hall–Kier alpha value is -3.39. The predicted molar refractivity (Wildman–Crippen MR) is 252 cm³/mol. The SMILES string of the molecule is CCCOCCCC(=O)COCCOCCNC(=O)COCCOCCCC(=O)COCCOCCNC(=O)CC[C@H](CC(=O)CCCCCCCCCCCCCCCCC(=O)O)C(=O)O. The molecular formula is C49H88N2O16. The molecule has 0 aliphatic heterocycles. The average molecular weight is 961 g/mol. The highest BCUT2D eigenvalue weighted by molar-refractivity contribution is 5.84. The molecule has 18 nitrogen and oxygen atoms in total. The van der Waals surface area contributed by atoms with Crippen LogP contribution in [-0.4, -0.2) is 157 Å². The van der Waals surface area contributed by atoms with Crippen molar-refractivity contribution in [3.8, 4) is 0 Å². The topological polar surface area (TPSA) is 249 Å². The molecule has 0 saturated heterocycles. The van der Waals surface area contributed by atoms with E-state index in [0.717, 1.165) is 51.4 Å². The van der Waals surface area contributed by atoms with Crippen LogP contribution in [0.15, 0.2) is 0 Å². The molecule has 0 aromatic rings. The van der Waals surface area contributed by atoms with E-state index >= 15 is 0 Å². The number of carboxylic acid groups (broad SMARTS) is 2. The van der Waals surface area contributed by atoms with Gasteiger partial charge in [-0.05, 0) is 38.5 Å². The number of hydrogen-bond donors (Lipinski definition) is 4. The van der Waals surface area contributed by atoms with Crippen molar-refractivity contribution in [2.75, 3.05) is 106 Å². The summed E-state index contributed by atoms with van der Waals surface area (Å²) in [5.74, 6) is -3.38. The van der Waals surface area contributed by atoms with Crippen LogP contribution in [0.4, 0.5) is 0 Å². The number of ether oxygens (including phenoxy) is 7. The third-order valence-corrected chi connectivity index (χ3v) is 10.5. The van der Waals surface area contributed by atoms with Gasteiger partial charge in [0.25, 0.3) is 0 Å². The first kappa shape index (κ1) is 63.6. The van der Waals surface area contributed by atoms with E-state index in [-0.39, 0.29) is 114 Å². The van der Waals surface area contributed by atoms with Crippen molar-refractivity contribution in [1.29, 1.82) is 0 Å². The molecule has 0 aromatic carbocycles. The van der Waals surface area contributed by atoms with Crippen molar-refractivity contribution in [1.82, 2.24) is 10.6 Å². The van der Waals surface area contributed by atoms with E-state index in [2.05, 4.69) is 10.6 Å². The quantitative estimate of drug-likeness (QED) is 0.0495. The van der Waals surface area contributed by atoms with Gasteiger partial charge in [-0.15, -0.1) is 0 Å². The van der Waals surface area contributed by atoms with Gasteiger partial charge < -0.3 is 54.0 Å². The number of rotatable bonds is 54. The van der Waals surface area contributed by atoms with Crippen molar-refractivity contribution in [2.24, 2.45) is 5.92 Å². The van der Waals surface area contributed by atoms with E-state index in [4.69, 9.17) is 38.3 Å². The van der Waals surface area contributed by atoms with Gasteiger partial charge in [-0.25, -0.2) is 0 Å². The monoisotopic (exact) mass is 961 g/mol. The number of aliphatic carboxylic acids is 2. The van der Waals surface area contributed by atoms with Crippen molar-refractivity contribution < 1.29 is 76.9 Å². The minimum absolute atomic E-state index is 0.000737. The lowest BCUT2D eigenvalue weighted by Crippen LogP contribution is -2.31. The van der Waals surface area contributed by atoms with Gasteiger partial charge in [0.2, 0.25) is 11.8 Å². The van der Waals surface area contributed by atoms with Gasteiger partial charge in [-0.2, -0.15) is 0 Å². The average Bonchev–Trinajstić information content (AvgIpc) is 3.29. The zero-order valence-corrected chi connectivity index (χ0v) is 41.0. The van der Waals surface area contributed by atoms with Crippen LogP contribution in [-0.2, 0) is 66.7 Å². The molecule has 0 unspecified atom stereocenters. The van der Waals surface area contributed by atoms with Crippen LogP contribution in [0.25, 0.3) is 0 Å². The molecule has 18 heteroatoms. The Labute approximate surface area is 400 Å². The maximum Gasteiger partial charge on any atom is 0.306 e. The van der Waals surface area contributed by atoms with Gasteiger partial charge in [-0.3, -0.25) is 33.6 Å². The summed E-state index contributed by atoms with van der Waals surface area (Å²) in [4.78, 5) is 82.6. The number of nitrogens with one attached hydrogen (secondary N) is 2. The summed E-state index contributed by atoms with van der Waals surface area (Å²) in [5, 5.41) is 23.6. The summed E-state index contributed by atoms with van der Waals surface area (Å²) >= 11 is 0. The predicted octanol–water partition coefficient (Wildman–Crippen LogP) is 6.21. The molecule has 0 aliphatic rings. The first-order valence-electron chi connectivity index (χ1n) is 25.1. The fourth-order valence-electron chi connectivity index (χ4n) is 6.71. The van der Waals surface area contributed by atoms with E-state index < -0.39 is 17.9 Å². The Morgan fingerprint density at radius 3 is 1.24 bits per heavy atom. The lowest BCUT2D eigenvalue weighted by molar-refractivity contribution is -0.144. The molecule has 0 aliphatic carbocycles. The highest BCUT2D eigenvalue weighted by atomic mass is 16.5. The summed E-state index contributed by atoms with van der Waals surface area (Å²) in [6.45, 7) is 6.23. The largest absolute Gasteiger partial charge is 0.481 e. The van der Waals surface area contributed by atoms with Crippen LogP contribution in [0.3, 0.4) is 0 Å². The summed E-state index contributed by atoms with van der Waals surface area (Å²) in [5.41, 5.74) is 0. The van der Waals surface area contributed by atoms with Gasteiger partial charge in [0.15, 0.2) is 11.6 Å². The molecule has 0 heterocycles. The third kappa shape index (κ3) is 48.9. The van der Waals surface area contributed by atoms with Crippen LogP contribution >= 0.6 is 0 Å². The van der Waals surface area contributed by atoms with Crippen LogP contribution in [0.5, 0.6) is 0 Å². The maximum absolute atomic E-state index is 12.5. The minimum atomic E-state index is -1.07. The van der Waals surface area contributed by atoms with Gasteiger partial charge in [0.1, 0.15) is 25.6 Å². The molecule has 0 radical (unpaired) electrons. The summed E-state index contributed by atoms with van der Waals surface area (Å²) in [6, 6.07) is 0. The van der Waals surface area contributed by atoms with Crippen LogP contribution < -0.4 is 10.6 Å². The van der Waals surface area contributed by atoms with E-state index in [9.17, 15) is 38.7 Å². The molecule has 0 fully saturated rings. The number of hydrogen-bond acceptors (Lipinski definition) is 14. The second-order valence-corrected chi connectivity index (χ2v) is 16.8. The van der Waals surface area contributed by atoms with Crippen molar-refractivity contribution in [3.05, 3.63) is 0 Å². The zero-order chi connectivity index (χ0) is 49.3. The lowest BCUT2D eigenvalue weighted by Gasteiger charge is -2.12. The first-order chi connectivity index (χ1) is 32.5. The lowest BCUT2D eigenvalue weighted by atomic mass is 9.94. The summed E-state index contributed by atoms with van der Waals surface area (Å²) < 4.78 is 37.6. The minimum Gasteiger partial charge on any atom is -0.481 e. The molecule has 1 atom stereocenters. The Bertz CT molecular complexity index is 1270. The molecule has 0 spiro atoms. The first-order valence-corrected chi connectivity index (χ1v) is 25.1. The Kier molecular flexibility index (Phi) is 46.6. The molecule has 2 amide bonds. The van der Waals surface area contributed by atoms with E-state index in [1.54, 1.807) is 0 Å². The fraction of sp³-hybridized carbons (Fsp3) is 0.857. The van der Waals surface area contributed by atoms with Gasteiger partial charge in [0, 0.05) is 71.4 Å². The molecule has 0 aromatic heterocycles. The molecule has 0 bridgehead atoms.